The molecule has 0 aliphatic heterocycles. The molecular formula is C19H22N4O. The molecule has 0 saturated heterocycles. The molecule has 1 atom stereocenters. The highest BCUT2D eigenvalue weighted by Gasteiger charge is 2.05. The number of nitrogens with zero attached hydrogens (tertiary/aromatic N) is 1. The summed E-state index contributed by atoms with van der Waals surface area (Å²) in [7, 11) is 0. The second kappa shape index (κ2) is 7.97. The molecule has 4 N–H and O–H groups in total. The summed E-state index contributed by atoms with van der Waals surface area (Å²) in [6, 6.07) is 13.4. The van der Waals surface area contributed by atoms with Crippen LogP contribution >= 0.6 is 0 Å². The Morgan fingerprint density at radius 2 is 2.04 bits per heavy atom. The van der Waals surface area contributed by atoms with Crippen LogP contribution in [-0.4, -0.2) is 16.9 Å². The summed E-state index contributed by atoms with van der Waals surface area (Å²) in [6.45, 7) is 7.31. The third kappa shape index (κ3) is 4.98. The molecule has 1 heterocycles. The van der Waals surface area contributed by atoms with E-state index in [1.165, 1.54) is 6.08 Å². The van der Waals surface area contributed by atoms with Gasteiger partial charge in [0.25, 0.3) is 0 Å². The number of nitrogens with one attached hydrogen (secondary N) is 2. The van der Waals surface area contributed by atoms with Crippen molar-refractivity contribution in [3.63, 3.8) is 0 Å². The van der Waals surface area contributed by atoms with Gasteiger partial charge >= 0.3 is 0 Å². The fourth-order valence-electron chi connectivity index (χ4n) is 2.29. The molecule has 1 aromatic heterocycles. The maximum Gasteiger partial charge on any atom is 0.247 e. The smallest absolute Gasteiger partial charge is 0.247 e. The number of hydrogen-bond acceptors (Lipinski definition) is 4. The lowest BCUT2D eigenvalue weighted by Gasteiger charge is -2.12. The lowest BCUT2D eigenvalue weighted by atomic mass is 10.1. The minimum absolute atomic E-state index is 0.0796. The average Bonchev–Trinajstić information content (AvgIpc) is 2.54. The first-order valence-electron chi connectivity index (χ1n) is 7.69. The molecule has 0 aliphatic carbocycles. The minimum atomic E-state index is -0.242. The number of aromatic nitrogens is 1. The van der Waals surface area contributed by atoms with E-state index in [2.05, 4.69) is 22.2 Å². The third-order valence-corrected chi connectivity index (χ3v) is 3.25. The zero-order valence-electron chi connectivity index (χ0n) is 13.9. The van der Waals surface area contributed by atoms with Crippen molar-refractivity contribution in [1.29, 1.82) is 0 Å². The van der Waals surface area contributed by atoms with Crippen LogP contribution in [0.15, 0.2) is 66.9 Å². The molecule has 0 radical (unpaired) electrons. The number of carbonyl (C=O) groups excluding carboxylic acids is 1. The SMILES string of the molecule is C=CC(=O)Nc1cccc(-c2cccc(NC(C)/C=C(/C)N)n2)c1. The zero-order valence-corrected chi connectivity index (χ0v) is 13.9. The molecule has 2 rings (SSSR count). The van der Waals surface area contributed by atoms with Crippen LogP contribution in [0.4, 0.5) is 11.5 Å². The van der Waals surface area contributed by atoms with Gasteiger partial charge in [0, 0.05) is 23.0 Å². The molecule has 5 nitrogen and oxygen atoms in total. The Hall–Kier alpha value is -3.08. The van der Waals surface area contributed by atoms with Gasteiger partial charge in [-0.1, -0.05) is 24.8 Å². The first-order chi connectivity index (χ1) is 11.5. The molecule has 2 aromatic rings. The van der Waals surface area contributed by atoms with Gasteiger partial charge in [-0.25, -0.2) is 4.98 Å². The second-order valence-corrected chi connectivity index (χ2v) is 5.53. The Balaban J connectivity index is 2.22. The molecule has 0 saturated carbocycles. The first-order valence-corrected chi connectivity index (χ1v) is 7.69. The lowest BCUT2D eigenvalue weighted by molar-refractivity contribution is -0.111. The van der Waals surface area contributed by atoms with Gasteiger partial charge in [-0.15, -0.1) is 0 Å². The number of benzene rings is 1. The predicted octanol–water partition coefficient (Wildman–Crippen LogP) is 3.54. The van der Waals surface area contributed by atoms with Crippen molar-refractivity contribution in [3.05, 3.63) is 66.9 Å². The van der Waals surface area contributed by atoms with Gasteiger partial charge in [0.05, 0.1) is 5.69 Å². The number of nitrogens with two attached hydrogens (primary N) is 1. The fraction of sp³-hybridized carbons (Fsp3) is 0.158. The molecule has 24 heavy (non-hydrogen) atoms. The normalized spacial score (nSPS) is 12.3. The Labute approximate surface area is 142 Å². The van der Waals surface area contributed by atoms with Gasteiger partial charge in [0.2, 0.25) is 5.91 Å². The van der Waals surface area contributed by atoms with Crippen LogP contribution in [0, 0.1) is 0 Å². The van der Waals surface area contributed by atoms with Crippen LogP contribution < -0.4 is 16.4 Å². The third-order valence-electron chi connectivity index (χ3n) is 3.25. The number of pyridine rings is 1. The van der Waals surface area contributed by atoms with E-state index in [9.17, 15) is 4.79 Å². The van der Waals surface area contributed by atoms with Gasteiger partial charge < -0.3 is 16.4 Å². The highest BCUT2D eigenvalue weighted by atomic mass is 16.1. The molecule has 1 aromatic carbocycles. The molecule has 0 fully saturated rings. The Kier molecular flexibility index (Phi) is 5.73. The van der Waals surface area contributed by atoms with Crippen LogP contribution in [0.1, 0.15) is 13.8 Å². The summed E-state index contributed by atoms with van der Waals surface area (Å²) in [5.41, 5.74) is 8.89. The molecule has 0 spiro atoms. The van der Waals surface area contributed by atoms with Crippen LogP contribution in [0.3, 0.4) is 0 Å². The monoisotopic (exact) mass is 322 g/mol. The summed E-state index contributed by atoms with van der Waals surface area (Å²) in [5, 5.41) is 6.04. The number of hydrogen-bond donors (Lipinski definition) is 3. The second-order valence-electron chi connectivity index (χ2n) is 5.53. The summed E-state index contributed by atoms with van der Waals surface area (Å²) in [4.78, 5) is 16.0. The Morgan fingerprint density at radius 3 is 2.75 bits per heavy atom. The number of allylic oxidation sites excluding steroid dienone is 1. The van der Waals surface area contributed by atoms with E-state index in [0.717, 1.165) is 22.8 Å². The van der Waals surface area contributed by atoms with Gasteiger partial charge in [0.15, 0.2) is 0 Å². The van der Waals surface area contributed by atoms with E-state index in [0.29, 0.717) is 5.69 Å². The van der Waals surface area contributed by atoms with Gasteiger partial charge in [0.1, 0.15) is 5.82 Å². The van der Waals surface area contributed by atoms with Crippen molar-refractivity contribution >= 4 is 17.4 Å². The molecule has 5 heteroatoms. The van der Waals surface area contributed by atoms with E-state index in [1.807, 2.05) is 62.4 Å². The van der Waals surface area contributed by atoms with Crippen molar-refractivity contribution in [3.8, 4) is 11.3 Å². The summed E-state index contributed by atoms with van der Waals surface area (Å²) in [5.74, 6) is 0.520. The number of amides is 1. The van der Waals surface area contributed by atoms with Crippen molar-refractivity contribution in [2.75, 3.05) is 10.6 Å². The maximum absolute atomic E-state index is 11.4. The topological polar surface area (TPSA) is 80.0 Å². The number of anilines is 2. The largest absolute Gasteiger partial charge is 0.402 e. The molecule has 124 valence electrons. The van der Waals surface area contributed by atoms with Gasteiger partial charge in [-0.05, 0) is 50.3 Å². The van der Waals surface area contributed by atoms with Crippen molar-refractivity contribution in [2.45, 2.75) is 19.9 Å². The standard InChI is InChI=1S/C19H22N4O/c1-4-19(24)22-16-8-5-7-15(12-16)17-9-6-10-18(23-17)21-14(3)11-13(2)20/h4-12,14H,1,20H2,2-3H3,(H,21,23)(H,22,24)/b13-11-. The highest BCUT2D eigenvalue weighted by Crippen LogP contribution is 2.22. The molecule has 1 unspecified atom stereocenters. The average molecular weight is 322 g/mol. The van der Waals surface area contributed by atoms with Crippen molar-refractivity contribution < 1.29 is 4.79 Å². The highest BCUT2D eigenvalue weighted by molar-refractivity contribution is 5.99. The Bertz CT molecular complexity index is 763. The van der Waals surface area contributed by atoms with E-state index in [-0.39, 0.29) is 11.9 Å². The zero-order chi connectivity index (χ0) is 17.5. The van der Waals surface area contributed by atoms with Crippen molar-refractivity contribution in [2.24, 2.45) is 5.73 Å². The van der Waals surface area contributed by atoms with Crippen LogP contribution in [0.2, 0.25) is 0 Å². The fourth-order valence-corrected chi connectivity index (χ4v) is 2.29. The number of carbonyl (C=O) groups is 1. The molecular weight excluding hydrogens is 300 g/mol. The van der Waals surface area contributed by atoms with Gasteiger partial charge in [-0.2, -0.15) is 0 Å². The van der Waals surface area contributed by atoms with Crippen LogP contribution in [0.5, 0.6) is 0 Å². The van der Waals surface area contributed by atoms with E-state index in [4.69, 9.17) is 5.73 Å². The van der Waals surface area contributed by atoms with Crippen molar-refractivity contribution in [1.82, 2.24) is 4.98 Å². The van der Waals surface area contributed by atoms with Gasteiger partial charge in [-0.3, -0.25) is 4.79 Å². The predicted molar refractivity (Wildman–Crippen MR) is 99.5 cm³/mol. The number of rotatable bonds is 6. The molecule has 0 bridgehead atoms. The molecule has 0 aliphatic rings. The molecule has 1 amide bonds. The summed E-state index contributed by atoms with van der Waals surface area (Å²) < 4.78 is 0. The maximum atomic E-state index is 11.4. The van der Waals surface area contributed by atoms with Crippen LogP contribution in [0.25, 0.3) is 11.3 Å². The van der Waals surface area contributed by atoms with E-state index in [1.54, 1.807) is 0 Å². The van der Waals surface area contributed by atoms with Crippen LogP contribution in [-0.2, 0) is 4.79 Å². The lowest BCUT2D eigenvalue weighted by Crippen LogP contribution is -2.15. The quantitative estimate of drug-likeness (QED) is 0.711. The summed E-state index contributed by atoms with van der Waals surface area (Å²) in [6.07, 6.45) is 3.17. The van der Waals surface area contributed by atoms with E-state index < -0.39 is 0 Å². The van der Waals surface area contributed by atoms with E-state index >= 15 is 0 Å². The minimum Gasteiger partial charge on any atom is -0.402 e. The first kappa shape index (κ1) is 17.3. The summed E-state index contributed by atoms with van der Waals surface area (Å²) >= 11 is 0. The Morgan fingerprint density at radius 1 is 1.29 bits per heavy atom.